The molecule has 0 saturated carbocycles. The Hall–Kier alpha value is -1.19. The molecule has 2 rings (SSSR count). The van der Waals surface area contributed by atoms with Crippen molar-refractivity contribution in [2.45, 2.75) is 26.8 Å². The van der Waals surface area contributed by atoms with Crippen molar-refractivity contribution in [3.63, 3.8) is 0 Å². The first kappa shape index (κ1) is 14.2. The molecule has 1 aromatic heterocycles. The van der Waals surface area contributed by atoms with Crippen LogP contribution in [0.4, 0.5) is 0 Å². The fourth-order valence-electron chi connectivity index (χ4n) is 2.26. The van der Waals surface area contributed by atoms with Crippen molar-refractivity contribution in [1.29, 1.82) is 0 Å². The number of hydrogen-bond donors (Lipinski definition) is 1. The minimum absolute atomic E-state index is 0.174. The van der Waals surface area contributed by atoms with E-state index in [1.54, 1.807) is 0 Å². The molecule has 0 saturated heterocycles. The molecule has 100 valence electrons. The molecule has 0 spiro atoms. The molecule has 3 heteroatoms. The Kier molecular flexibility index (Phi) is 4.72. The molecular formula is C16H19BrN2. The van der Waals surface area contributed by atoms with Crippen molar-refractivity contribution in [1.82, 2.24) is 10.3 Å². The van der Waals surface area contributed by atoms with E-state index in [-0.39, 0.29) is 6.04 Å². The van der Waals surface area contributed by atoms with Gasteiger partial charge in [-0.05, 0) is 48.7 Å². The minimum atomic E-state index is 0.174. The summed E-state index contributed by atoms with van der Waals surface area (Å²) in [6, 6.07) is 8.62. The van der Waals surface area contributed by atoms with E-state index in [1.807, 2.05) is 12.4 Å². The van der Waals surface area contributed by atoms with Gasteiger partial charge < -0.3 is 5.32 Å². The molecule has 0 bridgehead atoms. The molecule has 0 radical (unpaired) electrons. The molecule has 0 aliphatic carbocycles. The smallest absolute Gasteiger partial charge is 0.0605 e. The van der Waals surface area contributed by atoms with E-state index in [2.05, 4.69) is 71.3 Å². The lowest BCUT2D eigenvalue weighted by Gasteiger charge is -2.22. The molecule has 19 heavy (non-hydrogen) atoms. The van der Waals surface area contributed by atoms with E-state index < -0.39 is 0 Å². The summed E-state index contributed by atoms with van der Waals surface area (Å²) in [6.07, 6.45) is 3.80. The van der Waals surface area contributed by atoms with Gasteiger partial charge in [0.25, 0.3) is 0 Å². The average molecular weight is 319 g/mol. The van der Waals surface area contributed by atoms with Crippen molar-refractivity contribution in [3.05, 3.63) is 63.4 Å². The number of halogens is 1. The topological polar surface area (TPSA) is 24.9 Å². The monoisotopic (exact) mass is 318 g/mol. The van der Waals surface area contributed by atoms with Crippen molar-refractivity contribution in [2.75, 3.05) is 6.54 Å². The fraction of sp³-hybridized carbons (Fsp3) is 0.312. The van der Waals surface area contributed by atoms with Crippen LogP contribution in [-0.2, 0) is 0 Å². The Balaban J connectivity index is 2.52. The van der Waals surface area contributed by atoms with Gasteiger partial charge >= 0.3 is 0 Å². The fourth-order valence-corrected chi connectivity index (χ4v) is 2.76. The highest BCUT2D eigenvalue weighted by Crippen LogP contribution is 2.31. The zero-order chi connectivity index (χ0) is 13.8. The molecule has 1 heterocycles. The molecule has 1 atom stereocenters. The molecule has 0 amide bonds. The van der Waals surface area contributed by atoms with Gasteiger partial charge in [-0.15, -0.1) is 0 Å². The number of hydrogen-bond acceptors (Lipinski definition) is 2. The predicted molar refractivity (Wildman–Crippen MR) is 83.4 cm³/mol. The molecule has 1 aromatic carbocycles. The van der Waals surface area contributed by atoms with Crippen molar-refractivity contribution >= 4 is 15.9 Å². The minimum Gasteiger partial charge on any atom is -0.306 e. The van der Waals surface area contributed by atoms with Crippen molar-refractivity contribution in [3.8, 4) is 0 Å². The van der Waals surface area contributed by atoms with Gasteiger partial charge in [-0.1, -0.05) is 41.1 Å². The number of aryl methyl sites for hydroxylation is 2. The van der Waals surface area contributed by atoms with Gasteiger partial charge in [-0.2, -0.15) is 0 Å². The van der Waals surface area contributed by atoms with E-state index in [0.29, 0.717) is 0 Å². The van der Waals surface area contributed by atoms with Crippen LogP contribution in [0.5, 0.6) is 0 Å². The SMILES string of the molecule is CCNC(c1cnccc1C)c1cccc(C)c1Br. The highest BCUT2D eigenvalue weighted by Gasteiger charge is 2.18. The number of rotatable bonds is 4. The molecule has 2 nitrogen and oxygen atoms in total. The van der Waals surface area contributed by atoms with Crippen LogP contribution >= 0.6 is 15.9 Å². The Morgan fingerprint density at radius 2 is 1.95 bits per heavy atom. The number of benzene rings is 1. The summed E-state index contributed by atoms with van der Waals surface area (Å²) in [6.45, 7) is 7.29. The summed E-state index contributed by atoms with van der Waals surface area (Å²) in [5, 5.41) is 3.55. The third kappa shape index (κ3) is 3.04. The van der Waals surface area contributed by atoms with Crippen LogP contribution in [-0.4, -0.2) is 11.5 Å². The third-order valence-corrected chi connectivity index (χ3v) is 4.41. The van der Waals surface area contributed by atoms with Gasteiger partial charge in [0.2, 0.25) is 0 Å². The number of pyridine rings is 1. The lowest BCUT2D eigenvalue weighted by Crippen LogP contribution is -2.23. The summed E-state index contributed by atoms with van der Waals surface area (Å²) >= 11 is 3.71. The van der Waals surface area contributed by atoms with Crippen LogP contribution in [0.3, 0.4) is 0 Å². The largest absolute Gasteiger partial charge is 0.306 e. The average Bonchev–Trinajstić information content (AvgIpc) is 2.41. The standard InChI is InChI=1S/C16H19BrN2/c1-4-19-16(14-10-18-9-8-11(14)2)13-7-5-6-12(3)15(13)17/h5-10,16,19H,4H2,1-3H3. The first-order chi connectivity index (χ1) is 9.15. The zero-order valence-corrected chi connectivity index (χ0v) is 13.2. The van der Waals surface area contributed by atoms with Crippen LogP contribution in [0, 0.1) is 13.8 Å². The second-order valence-electron chi connectivity index (χ2n) is 4.70. The lowest BCUT2D eigenvalue weighted by molar-refractivity contribution is 0.623. The summed E-state index contributed by atoms with van der Waals surface area (Å²) in [5.41, 5.74) is 5.00. The molecule has 1 unspecified atom stereocenters. The first-order valence-corrected chi connectivity index (χ1v) is 7.33. The van der Waals surface area contributed by atoms with Gasteiger partial charge in [0, 0.05) is 16.9 Å². The second kappa shape index (κ2) is 6.31. The maximum atomic E-state index is 4.27. The van der Waals surface area contributed by atoms with E-state index in [9.17, 15) is 0 Å². The van der Waals surface area contributed by atoms with Crippen LogP contribution in [0.15, 0.2) is 41.1 Å². The Morgan fingerprint density at radius 3 is 2.63 bits per heavy atom. The Morgan fingerprint density at radius 1 is 1.16 bits per heavy atom. The van der Waals surface area contributed by atoms with Gasteiger partial charge in [-0.25, -0.2) is 0 Å². The van der Waals surface area contributed by atoms with Crippen LogP contribution in [0.1, 0.15) is 35.2 Å². The quantitative estimate of drug-likeness (QED) is 0.915. The van der Waals surface area contributed by atoms with Crippen molar-refractivity contribution < 1.29 is 0 Å². The van der Waals surface area contributed by atoms with E-state index in [1.165, 1.54) is 26.7 Å². The summed E-state index contributed by atoms with van der Waals surface area (Å²) < 4.78 is 1.17. The number of nitrogens with one attached hydrogen (secondary N) is 1. The van der Waals surface area contributed by atoms with Crippen LogP contribution in [0.2, 0.25) is 0 Å². The molecular weight excluding hydrogens is 300 g/mol. The van der Waals surface area contributed by atoms with E-state index in [4.69, 9.17) is 0 Å². The summed E-state index contributed by atoms with van der Waals surface area (Å²) in [5.74, 6) is 0. The molecule has 0 aliphatic rings. The zero-order valence-electron chi connectivity index (χ0n) is 11.6. The van der Waals surface area contributed by atoms with Gasteiger partial charge in [0.15, 0.2) is 0 Å². The first-order valence-electron chi connectivity index (χ1n) is 6.54. The summed E-state index contributed by atoms with van der Waals surface area (Å²) in [4.78, 5) is 4.27. The predicted octanol–water partition coefficient (Wildman–Crippen LogP) is 4.16. The maximum Gasteiger partial charge on any atom is 0.0605 e. The van der Waals surface area contributed by atoms with E-state index in [0.717, 1.165) is 6.54 Å². The third-order valence-electron chi connectivity index (χ3n) is 3.33. The molecule has 2 aromatic rings. The number of aromatic nitrogens is 1. The number of nitrogens with zero attached hydrogens (tertiary/aromatic N) is 1. The molecule has 0 fully saturated rings. The highest BCUT2D eigenvalue weighted by atomic mass is 79.9. The summed E-state index contributed by atoms with van der Waals surface area (Å²) in [7, 11) is 0. The maximum absolute atomic E-state index is 4.27. The normalized spacial score (nSPS) is 12.4. The Bertz CT molecular complexity index is 566. The lowest BCUT2D eigenvalue weighted by atomic mass is 9.95. The van der Waals surface area contributed by atoms with Gasteiger partial charge in [0.05, 0.1) is 6.04 Å². The molecule has 0 aliphatic heterocycles. The Labute approximate surface area is 123 Å². The second-order valence-corrected chi connectivity index (χ2v) is 5.49. The van der Waals surface area contributed by atoms with Crippen LogP contribution in [0.25, 0.3) is 0 Å². The van der Waals surface area contributed by atoms with Crippen LogP contribution < -0.4 is 5.32 Å². The van der Waals surface area contributed by atoms with Gasteiger partial charge in [0.1, 0.15) is 0 Å². The van der Waals surface area contributed by atoms with E-state index >= 15 is 0 Å². The molecule has 1 N–H and O–H groups in total. The van der Waals surface area contributed by atoms with Gasteiger partial charge in [-0.3, -0.25) is 4.98 Å². The highest BCUT2D eigenvalue weighted by molar-refractivity contribution is 9.10. The van der Waals surface area contributed by atoms with Crippen molar-refractivity contribution in [2.24, 2.45) is 0 Å².